The van der Waals surface area contributed by atoms with Crippen molar-refractivity contribution in [3.05, 3.63) is 96.1 Å². The molecular weight excluding hydrogens is 538 g/mol. The second-order valence-corrected chi connectivity index (χ2v) is 11.8. The first-order valence-electron chi connectivity index (χ1n) is 12.0. The van der Waals surface area contributed by atoms with Gasteiger partial charge in [-0.2, -0.15) is 0 Å². The Morgan fingerprint density at radius 3 is 2.68 bits per heavy atom. The summed E-state index contributed by atoms with van der Waals surface area (Å²) in [5.74, 6) is 0.350. The summed E-state index contributed by atoms with van der Waals surface area (Å²) in [7, 11) is 1.54. The van der Waals surface area contributed by atoms with Crippen LogP contribution in [0.1, 0.15) is 6.92 Å². The van der Waals surface area contributed by atoms with Gasteiger partial charge in [-0.3, -0.25) is 9.69 Å². The van der Waals surface area contributed by atoms with E-state index >= 15 is 0 Å². The molecule has 9 heteroatoms. The quantitative estimate of drug-likeness (QED) is 0.304. The third kappa shape index (κ3) is 5.72. The predicted molar refractivity (Wildman–Crippen MR) is 158 cm³/mol. The Balaban J connectivity index is 1.29. The number of nitrogens with one attached hydrogen (secondary N) is 2. The Hall–Kier alpha value is -3.33. The minimum absolute atomic E-state index is 0.0790. The van der Waals surface area contributed by atoms with E-state index in [0.29, 0.717) is 22.1 Å². The van der Waals surface area contributed by atoms with Crippen molar-refractivity contribution in [1.82, 2.24) is 0 Å². The zero-order valence-corrected chi connectivity index (χ0v) is 23.1. The summed E-state index contributed by atoms with van der Waals surface area (Å²) in [5, 5.41) is 6.20. The van der Waals surface area contributed by atoms with Crippen LogP contribution in [0.3, 0.4) is 0 Å². The van der Waals surface area contributed by atoms with E-state index in [1.165, 1.54) is 11.8 Å². The first-order valence-corrected chi connectivity index (χ1v) is 14.2. The highest BCUT2D eigenvalue weighted by atomic mass is 35.5. The lowest BCUT2D eigenvalue weighted by atomic mass is 10.1. The van der Waals surface area contributed by atoms with E-state index in [1.807, 2.05) is 72.5 Å². The third-order valence-corrected chi connectivity index (χ3v) is 8.78. The lowest BCUT2D eigenvalue weighted by molar-refractivity contribution is -0.115. The molecule has 38 heavy (non-hydrogen) atoms. The van der Waals surface area contributed by atoms with Gasteiger partial charge in [0.15, 0.2) is 0 Å². The second kappa shape index (κ2) is 11.6. The molecule has 0 saturated carbocycles. The van der Waals surface area contributed by atoms with E-state index in [2.05, 4.69) is 22.8 Å². The van der Waals surface area contributed by atoms with Crippen molar-refractivity contribution in [3.63, 3.8) is 0 Å². The fraction of sp³-hybridized carbons (Fsp3) is 0.172. The number of thioether (sulfide) groups is 2. The number of benzene rings is 3. The highest BCUT2D eigenvalue weighted by molar-refractivity contribution is 8.00. The zero-order valence-electron chi connectivity index (χ0n) is 20.8. The van der Waals surface area contributed by atoms with Crippen LogP contribution in [0.25, 0.3) is 0 Å². The summed E-state index contributed by atoms with van der Waals surface area (Å²) in [5.41, 5.74) is 2.07. The molecule has 0 saturated heterocycles. The molecule has 2 N–H and O–H groups in total. The maximum atomic E-state index is 13.6. The van der Waals surface area contributed by atoms with Gasteiger partial charge in [-0.25, -0.2) is 4.79 Å². The van der Waals surface area contributed by atoms with Crippen molar-refractivity contribution in [3.8, 4) is 5.75 Å². The third-order valence-electron chi connectivity index (χ3n) is 6.15. The van der Waals surface area contributed by atoms with E-state index in [-0.39, 0.29) is 23.2 Å². The van der Waals surface area contributed by atoms with Crippen molar-refractivity contribution < 1.29 is 14.3 Å². The number of fused-ring (bicyclic) bond motifs is 2. The molecule has 0 radical (unpaired) electrons. The maximum Gasteiger partial charge on any atom is 0.326 e. The van der Waals surface area contributed by atoms with Gasteiger partial charge in [-0.05, 0) is 55.5 Å². The predicted octanol–water partition coefficient (Wildman–Crippen LogP) is 7.48. The van der Waals surface area contributed by atoms with Gasteiger partial charge in [0.1, 0.15) is 5.75 Å². The monoisotopic (exact) mass is 563 g/mol. The van der Waals surface area contributed by atoms with Gasteiger partial charge in [0, 0.05) is 20.5 Å². The van der Waals surface area contributed by atoms with Crippen LogP contribution < -0.4 is 20.3 Å². The lowest BCUT2D eigenvalue weighted by Gasteiger charge is -2.40. The van der Waals surface area contributed by atoms with E-state index in [1.54, 1.807) is 37.1 Å². The summed E-state index contributed by atoms with van der Waals surface area (Å²) >= 11 is 9.25. The maximum absolute atomic E-state index is 13.6. The number of para-hydroxylation sites is 1. The Kier molecular flexibility index (Phi) is 8.02. The molecule has 1 aliphatic carbocycles. The van der Waals surface area contributed by atoms with Gasteiger partial charge in [0.2, 0.25) is 5.91 Å². The molecule has 0 bridgehead atoms. The average molecular weight is 564 g/mol. The molecule has 6 nitrogen and oxygen atoms in total. The minimum Gasteiger partial charge on any atom is -0.495 e. The first-order chi connectivity index (χ1) is 18.4. The molecule has 0 spiro atoms. The van der Waals surface area contributed by atoms with Crippen LogP contribution in [0.2, 0.25) is 5.02 Å². The van der Waals surface area contributed by atoms with Crippen LogP contribution in [-0.4, -0.2) is 35.6 Å². The normalized spacial score (nSPS) is 18.2. The number of carbonyl (C=O) groups is 2. The Morgan fingerprint density at radius 1 is 1.03 bits per heavy atom. The van der Waals surface area contributed by atoms with Gasteiger partial charge in [0.05, 0.1) is 35.0 Å². The summed E-state index contributed by atoms with van der Waals surface area (Å²) in [6, 6.07) is 20.3. The molecule has 3 aromatic carbocycles. The molecule has 5 rings (SSSR count). The van der Waals surface area contributed by atoms with Crippen molar-refractivity contribution in [2.24, 2.45) is 0 Å². The molecule has 3 unspecified atom stereocenters. The number of rotatable bonds is 6. The molecule has 0 fully saturated rings. The average Bonchev–Trinajstić information content (AvgIpc) is 2.92. The van der Waals surface area contributed by atoms with E-state index in [9.17, 15) is 9.59 Å². The fourth-order valence-corrected chi connectivity index (χ4v) is 6.68. The molecule has 0 aromatic heterocycles. The number of hydrogen-bond acceptors (Lipinski definition) is 5. The summed E-state index contributed by atoms with van der Waals surface area (Å²) in [4.78, 5) is 30.2. The largest absolute Gasteiger partial charge is 0.495 e. The number of halogens is 1. The molecule has 2 aliphatic rings. The van der Waals surface area contributed by atoms with E-state index < -0.39 is 5.25 Å². The molecule has 3 aromatic rings. The Bertz CT molecular complexity index is 1430. The number of hydrogen-bond donors (Lipinski definition) is 2. The fourth-order valence-electron chi connectivity index (χ4n) is 4.33. The van der Waals surface area contributed by atoms with Gasteiger partial charge in [0.25, 0.3) is 0 Å². The molecule has 3 atom stereocenters. The second-order valence-electron chi connectivity index (χ2n) is 8.73. The smallest absolute Gasteiger partial charge is 0.326 e. The number of ether oxygens (including phenoxy) is 1. The van der Waals surface area contributed by atoms with Gasteiger partial charge >= 0.3 is 6.03 Å². The number of urea groups is 1. The van der Waals surface area contributed by atoms with E-state index in [4.69, 9.17) is 16.3 Å². The van der Waals surface area contributed by atoms with Crippen LogP contribution in [0.15, 0.2) is 101 Å². The number of nitrogens with zero attached hydrogens (tertiary/aromatic N) is 1. The number of methoxy groups -OCH3 is 1. The topological polar surface area (TPSA) is 70.7 Å². The van der Waals surface area contributed by atoms with Crippen molar-refractivity contribution in [2.45, 2.75) is 33.3 Å². The number of anilines is 3. The molecule has 194 valence electrons. The van der Waals surface area contributed by atoms with Gasteiger partial charge in [-0.15, -0.1) is 23.5 Å². The summed E-state index contributed by atoms with van der Waals surface area (Å²) in [6.07, 6.45) is 8.21. The first kappa shape index (κ1) is 26.3. The van der Waals surface area contributed by atoms with Crippen LogP contribution in [0.5, 0.6) is 5.75 Å². The van der Waals surface area contributed by atoms with Gasteiger partial charge in [-0.1, -0.05) is 54.1 Å². The van der Waals surface area contributed by atoms with Crippen LogP contribution in [-0.2, 0) is 4.79 Å². The minimum atomic E-state index is -0.407. The Labute approximate surface area is 235 Å². The number of allylic oxidation sites excluding steroid dienone is 2. The molecular formula is C29H26ClN3O3S2. The molecule has 1 aliphatic heterocycles. The molecule has 1 heterocycles. The molecule has 3 amide bonds. The lowest BCUT2D eigenvalue weighted by Crippen LogP contribution is -2.49. The number of amides is 3. The van der Waals surface area contributed by atoms with Crippen molar-refractivity contribution >= 4 is 64.1 Å². The van der Waals surface area contributed by atoms with Crippen molar-refractivity contribution in [1.29, 1.82) is 0 Å². The summed E-state index contributed by atoms with van der Waals surface area (Å²) in [6.45, 7) is 1.83. The van der Waals surface area contributed by atoms with Crippen LogP contribution >= 0.6 is 35.1 Å². The highest BCUT2D eigenvalue weighted by Gasteiger charge is 2.36. The Morgan fingerprint density at radius 2 is 1.84 bits per heavy atom. The van der Waals surface area contributed by atoms with Crippen molar-refractivity contribution in [2.75, 3.05) is 22.6 Å². The van der Waals surface area contributed by atoms with E-state index in [0.717, 1.165) is 15.5 Å². The van der Waals surface area contributed by atoms with Crippen LogP contribution in [0.4, 0.5) is 21.9 Å². The summed E-state index contributed by atoms with van der Waals surface area (Å²) < 4.78 is 5.32. The highest BCUT2D eigenvalue weighted by Crippen LogP contribution is 2.43. The SMILES string of the molecule is COc1ccc(Cl)cc1NC(=O)C(C)Sc1cccc(NC(=O)N2c3ccccc3SC3C=CC=CC32)c1. The zero-order chi connectivity index (χ0) is 26.6. The number of carbonyl (C=O) groups excluding carboxylic acids is 2. The van der Waals surface area contributed by atoms with Crippen LogP contribution in [0, 0.1) is 0 Å². The standard InChI is InChI=1S/C29H26ClN3O3S2/c1-18(28(34)32-22-16-19(30)14-15-25(22)36-2)37-21-9-7-8-20(17-21)31-29(35)33-23-10-3-5-12-26(23)38-27-13-6-4-11-24(27)33/h3-18,23,26H,1-2H3,(H,31,35)(H,32,34). The van der Waals surface area contributed by atoms with Gasteiger partial charge < -0.3 is 15.4 Å².